The van der Waals surface area contributed by atoms with Gasteiger partial charge in [-0.05, 0) is 23.6 Å². The summed E-state index contributed by atoms with van der Waals surface area (Å²) in [6.07, 6.45) is 7.22. The second kappa shape index (κ2) is 12.8. The molecule has 23 heavy (non-hydrogen) atoms. The molecule has 0 aliphatic rings. The van der Waals surface area contributed by atoms with Crippen molar-refractivity contribution in [2.24, 2.45) is 0 Å². The molecule has 0 amide bonds. The normalized spacial score (nSPS) is 8.22. The third-order valence-corrected chi connectivity index (χ3v) is 2.82. The quantitative estimate of drug-likeness (QED) is 0.531. The fourth-order valence-corrected chi connectivity index (χ4v) is 1.47. The van der Waals surface area contributed by atoms with E-state index in [1.165, 1.54) is 5.56 Å². The van der Waals surface area contributed by atoms with Gasteiger partial charge < -0.3 is 0 Å². The van der Waals surface area contributed by atoms with Crippen molar-refractivity contribution in [3.05, 3.63) is 116 Å². The van der Waals surface area contributed by atoms with Crippen molar-refractivity contribution in [3.8, 4) is 0 Å². The fourth-order valence-electron chi connectivity index (χ4n) is 1.47. The number of rotatable bonds is 4. The Morgan fingerprint density at radius 3 is 1.35 bits per heavy atom. The Morgan fingerprint density at radius 1 is 0.696 bits per heavy atom. The van der Waals surface area contributed by atoms with E-state index in [0.717, 1.165) is 16.7 Å². The Morgan fingerprint density at radius 2 is 1.09 bits per heavy atom. The van der Waals surface area contributed by atoms with Gasteiger partial charge in [0, 0.05) is 0 Å². The molecule has 0 heterocycles. The molecule has 0 spiro atoms. The van der Waals surface area contributed by atoms with Gasteiger partial charge in [0.05, 0.1) is 0 Å². The maximum Gasteiger partial charge on any atom is -0.0190 e. The summed E-state index contributed by atoms with van der Waals surface area (Å²) >= 11 is 0. The van der Waals surface area contributed by atoms with Gasteiger partial charge in [0.15, 0.2) is 0 Å². The average molecular weight is 302 g/mol. The van der Waals surface area contributed by atoms with Crippen LogP contribution in [0, 0.1) is 0 Å². The second-order valence-electron chi connectivity index (χ2n) is 4.70. The van der Waals surface area contributed by atoms with E-state index < -0.39 is 0 Å². The summed E-state index contributed by atoms with van der Waals surface area (Å²) in [5, 5.41) is 0. The van der Waals surface area contributed by atoms with Gasteiger partial charge in [0.25, 0.3) is 0 Å². The molecule has 0 fully saturated rings. The van der Waals surface area contributed by atoms with Gasteiger partial charge in [-0.1, -0.05) is 117 Å². The molecule has 0 saturated carbocycles. The van der Waals surface area contributed by atoms with Crippen molar-refractivity contribution in [1.29, 1.82) is 0 Å². The Balaban J connectivity index is 0.000000335. The van der Waals surface area contributed by atoms with Crippen LogP contribution in [0.4, 0.5) is 0 Å². The molecule has 0 N–H and O–H groups in total. The molecule has 0 aliphatic heterocycles. The first kappa shape index (κ1) is 20.1. The fraction of sp³-hybridized carbons (Fsp3) is 0.0435. The molecule has 2 aromatic rings. The summed E-state index contributed by atoms with van der Waals surface area (Å²) in [7, 11) is 0. The van der Waals surface area contributed by atoms with Crippen molar-refractivity contribution in [1.82, 2.24) is 0 Å². The van der Waals surface area contributed by atoms with Crippen LogP contribution < -0.4 is 0 Å². The van der Waals surface area contributed by atoms with Crippen molar-refractivity contribution < 1.29 is 0 Å². The highest BCUT2D eigenvalue weighted by Crippen LogP contribution is 2.10. The molecular weight excluding hydrogens is 276 g/mol. The summed E-state index contributed by atoms with van der Waals surface area (Å²) in [6.45, 7) is 19.9. The van der Waals surface area contributed by atoms with Crippen molar-refractivity contribution in [3.63, 3.8) is 0 Å². The van der Waals surface area contributed by atoms with E-state index in [2.05, 4.69) is 32.9 Å². The summed E-state index contributed by atoms with van der Waals surface area (Å²) in [6, 6.07) is 18.0. The van der Waals surface area contributed by atoms with Crippen LogP contribution in [-0.2, 0) is 0 Å². The molecule has 118 valence electrons. The van der Waals surface area contributed by atoms with Gasteiger partial charge in [-0.3, -0.25) is 0 Å². The van der Waals surface area contributed by atoms with Gasteiger partial charge in [-0.2, -0.15) is 0 Å². The second-order valence-corrected chi connectivity index (χ2v) is 4.70. The summed E-state index contributed by atoms with van der Waals surface area (Å²) in [5.41, 5.74) is 4.47. The van der Waals surface area contributed by atoms with Crippen LogP contribution in [0.5, 0.6) is 0 Å². The molecule has 0 bridgehead atoms. The third kappa shape index (κ3) is 9.65. The van der Waals surface area contributed by atoms with Crippen molar-refractivity contribution >= 4 is 18.2 Å². The SMILES string of the molecule is C=CC(=C)C.C=Cc1ccccc1.C=Cc1ccccc1C=C. The molecule has 0 saturated heterocycles. The monoisotopic (exact) mass is 302 g/mol. The van der Waals surface area contributed by atoms with Crippen LogP contribution in [0.25, 0.3) is 18.2 Å². The predicted molar refractivity (Wildman–Crippen MR) is 108 cm³/mol. The Hall–Kier alpha value is -2.86. The van der Waals surface area contributed by atoms with Gasteiger partial charge in [0.2, 0.25) is 0 Å². The molecule has 0 aliphatic carbocycles. The first-order valence-corrected chi connectivity index (χ1v) is 7.38. The van der Waals surface area contributed by atoms with Crippen LogP contribution >= 0.6 is 0 Å². The number of hydrogen-bond acceptors (Lipinski definition) is 0. The lowest BCUT2D eigenvalue weighted by atomic mass is 10.1. The van der Waals surface area contributed by atoms with Crippen LogP contribution in [-0.4, -0.2) is 0 Å². The lowest BCUT2D eigenvalue weighted by molar-refractivity contribution is 1.58. The zero-order valence-electron chi connectivity index (χ0n) is 14.0. The maximum atomic E-state index is 3.69. The summed E-state index contributed by atoms with van der Waals surface area (Å²) < 4.78 is 0. The first-order chi connectivity index (χ1) is 11.1. The number of allylic oxidation sites excluding steroid dienone is 2. The first-order valence-electron chi connectivity index (χ1n) is 7.38. The maximum absolute atomic E-state index is 3.69. The zero-order valence-corrected chi connectivity index (χ0v) is 14.0. The Kier molecular flexibility index (Phi) is 11.3. The Labute approximate surface area is 141 Å². The van der Waals surface area contributed by atoms with Crippen molar-refractivity contribution in [2.75, 3.05) is 0 Å². The number of hydrogen-bond donors (Lipinski definition) is 0. The van der Waals surface area contributed by atoms with E-state index >= 15 is 0 Å². The molecular formula is C23H26. The van der Waals surface area contributed by atoms with E-state index in [4.69, 9.17) is 0 Å². The molecule has 0 aromatic heterocycles. The molecule has 2 rings (SSSR count). The highest BCUT2D eigenvalue weighted by molar-refractivity contribution is 5.63. The Bertz CT molecular complexity index is 603. The van der Waals surface area contributed by atoms with E-state index in [9.17, 15) is 0 Å². The van der Waals surface area contributed by atoms with E-state index in [0.29, 0.717) is 0 Å². The van der Waals surface area contributed by atoms with Crippen molar-refractivity contribution in [2.45, 2.75) is 6.92 Å². The predicted octanol–water partition coefficient (Wildman–Crippen LogP) is 7.05. The summed E-state index contributed by atoms with van der Waals surface area (Å²) in [5.74, 6) is 0. The lowest BCUT2D eigenvalue weighted by Crippen LogP contribution is -1.76. The lowest BCUT2D eigenvalue weighted by Gasteiger charge is -1.96. The zero-order chi connectivity index (χ0) is 17.5. The van der Waals surface area contributed by atoms with Crippen LogP contribution in [0.2, 0.25) is 0 Å². The van der Waals surface area contributed by atoms with Crippen LogP contribution in [0.1, 0.15) is 23.6 Å². The molecule has 0 nitrogen and oxygen atoms in total. The molecule has 0 heteroatoms. The molecule has 0 atom stereocenters. The average Bonchev–Trinajstić information content (AvgIpc) is 2.63. The summed E-state index contributed by atoms with van der Waals surface area (Å²) in [4.78, 5) is 0. The largest absolute Gasteiger partial charge is 0.0988 e. The minimum Gasteiger partial charge on any atom is -0.0988 e. The number of benzene rings is 2. The van der Waals surface area contributed by atoms with Crippen LogP contribution in [0.15, 0.2) is 99.1 Å². The minimum atomic E-state index is 1.02. The molecule has 2 aromatic carbocycles. The van der Waals surface area contributed by atoms with Gasteiger partial charge >= 0.3 is 0 Å². The highest BCUT2D eigenvalue weighted by atomic mass is 13.9. The van der Waals surface area contributed by atoms with Crippen LogP contribution in [0.3, 0.4) is 0 Å². The highest BCUT2D eigenvalue weighted by Gasteiger charge is 1.89. The molecule has 0 radical (unpaired) electrons. The topological polar surface area (TPSA) is 0 Å². The minimum absolute atomic E-state index is 1.02. The van der Waals surface area contributed by atoms with E-state index in [1.54, 1.807) is 6.08 Å². The van der Waals surface area contributed by atoms with E-state index in [-0.39, 0.29) is 0 Å². The van der Waals surface area contributed by atoms with Gasteiger partial charge in [-0.25, -0.2) is 0 Å². The third-order valence-electron chi connectivity index (χ3n) is 2.82. The standard InChI is InChI=1S/C10H10.C8H8.C5H8/c1-3-9-7-5-6-8-10(9)4-2;1-2-8-6-4-3-5-7-8;1-4-5(2)3/h3-8H,1-2H2;2-7H,1H2;4H,1-2H2,3H3. The van der Waals surface area contributed by atoms with Gasteiger partial charge in [-0.15, -0.1) is 0 Å². The smallest absolute Gasteiger partial charge is 0.0190 e. The van der Waals surface area contributed by atoms with E-state index in [1.807, 2.05) is 79.7 Å². The van der Waals surface area contributed by atoms with Gasteiger partial charge in [0.1, 0.15) is 0 Å². The molecule has 0 unspecified atom stereocenters.